The van der Waals surface area contributed by atoms with Crippen molar-refractivity contribution in [1.29, 1.82) is 0 Å². The number of ether oxygens (including phenoxy) is 2. The van der Waals surface area contributed by atoms with Gasteiger partial charge < -0.3 is 14.8 Å². The summed E-state index contributed by atoms with van der Waals surface area (Å²) < 4.78 is 23.7. The van der Waals surface area contributed by atoms with E-state index in [1.54, 1.807) is 32.4 Å². The van der Waals surface area contributed by atoms with Gasteiger partial charge in [0.1, 0.15) is 17.3 Å². The third-order valence-corrected chi connectivity index (χ3v) is 3.26. The molecule has 0 saturated carbocycles. The Labute approximate surface area is 128 Å². The Morgan fingerprint density at radius 1 is 1.14 bits per heavy atom. The fourth-order valence-electron chi connectivity index (χ4n) is 2.20. The minimum absolute atomic E-state index is 0.107. The predicted molar refractivity (Wildman–Crippen MR) is 83.0 cm³/mol. The van der Waals surface area contributed by atoms with Crippen molar-refractivity contribution in [3.63, 3.8) is 0 Å². The summed E-state index contributed by atoms with van der Waals surface area (Å²) in [7, 11) is 3.13. The Kier molecular flexibility index (Phi) is 4.99. The smallest absolute Gasteiger partial charge is 0.228 e. The number of carbonyl (C=O) groups is 1. The van der Waals surface area contributed by atoms with Gasteiger partial charge in [0.25, 0.3) is 0 Å². The minimum Gasteiger partial charge on any atom is -0.496 e. The number of aryl methyl sites for hydroxylation is 1. The predicted octanol–water partition coefficient (Wildman–Crippen LogP) is 3.33. The summed E-state index contributed by atoms with van der Waals surface area (Å²) in [4.78, 5) is 12.1. The van der Waals surface area contributed by atoms with E-state index in [2.05, 4.69) is 5.32 Å². The van der Waals surface area contributed by atoms with Crippen LogP contribution in [0.15, 0.2) is 36.4 Å². The Balaban J connectivity index is 2.17. The van der Waals surface area contributed by atoms with Crippen LogP contribution in [-0.2, 0) is 11.2 Å². The molecule has 116 valence electrons. The van der Waals surface area contributed by atoms with Gasteiger partial charge in [-0.25, -0.2) is 4.39 Å². The number of rotatable bonds is 5. The molecule has 1 N–H and O–H groups in total. The average molecular weight is 303 g/mol. The second kappa shape index (κ2) is 6.93. The maximum absolute atomic E-state index is 13.1. The number of hydrogen-bond acceptors (Lipinski definition) is 3. The molecule has 4 nitrogen and oxygen atoms in total. The molecule has 2 aromatic rings. The molecule has 2 aromatic carbocycles. The number of methoxy groups -OCH3 is 2. The molecule has 0 aliphatic heterocycles. The molecule has 0 radical (unpaired) electrons. The quantitative estimate of drug-likeness (QED) is 0.921. The fraction of sp³-hybridized carbons (Fsp3) is 0.235. The first-order valence-corrected chi connectivity index (χ1v) is 6.80. The van der Waals surface area contributed by atoms with Crippen LogP contribution in [0.1, 0.15) is 11.1 Å². The Hall–Kier alpha value is -2.56. The minimum atomic E-state index is -0.396. The molecule has 0 atom stereocenters. The molecular formula is C17H18FNO3. The van der Waals surface area contributed by atoms with Gasteiger partial charge in [-0.3, -0.25) is 4.79 Å². The molecule has 0 spiro atoms. The molecule has 0 fully saturated rings. The number of amides is 1. The van der Waals surface area contributed by atoms with Crippen LogP contribution in [-0.4, -0.2) is 20.1 Å². The third kappa shape index (κ3) is 3.75. The normalized spacial score (nSPS) is 10.2. The summed E-state index contributed by atoms with van der Waals surface area (Å²) in [6, 6.07) is 9.37. The molecule has 0 bridgehead atoms. The van der Waals surface area contributed by atoms with Crippen LogP contribution in [0.3, 0.4) is 0 Å². The molecule has 0 saturated heterocycles. The second-order valence-corrected chi connectivity index (χ2v) is 4.87. The van der Waals surface area contributed by atoms with E-state index in [0.29, 0.717) is 22.7 Å². The Morgan fingerprint density at radius 2 is 1.86 bits per heavy atom. The van der Waals surface area contributed by atoms with Crippen LogP contribution in [0.5, 0.6) is 11.5 Å². The number of benzene rings is 2. The van der Waals surface area contributed by atoms with E-state index in [-0.39, 0.29) is 12.3 Å². The fourth-order valence-corrected chi connectivity index (χ4v) is 2.20. The Morgan fingerprint density at radius 3 is 2.50 bits per heavy atom. The van der Waals surface area contributed by atoms with Crippen LogP contribution in [0.2, 0.25) is 0 Å². The lowest BCUT2D eigenvalue weighted by Gasteiger charge is -2.13. The molecular weight excluding hydrogens is 285 g/mol. The molecule has 0 aliphatic rings. The summed E-state index contributed by atoms with van der Waals surface area (Å²) in [6.07, 6.45) is 0.107. The Bertz CT molecular complexity index is 686. The van der Waals surface area contributed by atoms with Crippen LogP contribution in [0.25, 0.3) is 0 Å². The van der Waals surface area contributed by atoms with E-state index >= 15 is 0 Å². The number of anilines is 1. The largest absolute Gasteiger partial charge is 0.496 e. The molecule has 2 rings (SSSR count). The molecule has 0 aliphatic carbocycles. The van der Waals surface area contributed by atoms with Crippen molar-refractivity contribution in [2.75, 3.05) is 19.5 Å². The monoisotopic (exact) mass is 303 g/mol. The molecule has 0 unspecified atom stereocenters. The summed E-state index contributed by atoms with van der Waals surface area (Å²) in [5.41, 5.74) is 2.05. The summed E-state index contributed by atoms with van der Waals surface area (Å²) >= 11 is 0. The van der Waals surface area contributed by atoms with Gasteiger partial charge in [-0.05, 0) is 42.8 Å². The molecule has 1 amide bonds. The van der Waals surface area contributed by atoms with Crippen molar-refractivity contribution in [1.82, 2.24) is 0 Å². The van der Waals surface area contributed by atoms with Crippen LogP contribution < -0.4 is 14.8 Å². The summed E-state index contributed by atoms with van der Waals surface area (Å²) in [6.45, 7) is 1.90. The highest BCUT2D eigenvalue weighted by Crippen LogP contribution is 2.28. The lowest BCUT2D eigenvalue weighted by molar-refractivity contribution is -0.115. The molecule has 22 heavy (non-hydrogen) atoms. The van der Waals surface area contributed by atoms with E-state index in [0.717, 1.165) is 5.56 Å². The molecule has 5 heteroatoms. The molecule has 0 heterocycles. The first kappa shape index (κ1) is 15.8. The zero-order valence-electron chi connectivity index (χ0n) is 12.8. The maximum Gasteiger partial charge on any atom is 0.228 e. The van der Waals surface area contributed by atoms with E-state index in [4.69, 9.17) is 9.47 Å². The highest BCUT2D eigenvalue weighted by molar-refractivity contribution is 5.92. The topological polar surface area (TPSA) is 47.6 Å². The average Bonchev–Trinajstić information content (AvgIpc) is 2.48. The third-order valence-electron chi connectivity index (χ3n) is 3.26. The van der Waals surface area contributed by atoms with Crippen molar-refractivity contribution < 1.29 is 18.7 Å². The number of hydrogen-bond donors (Lipinski definition) is 1. The van der Waals surface area contributed by atoms with Gasteiger partial charge in [0.2, 0.25) is 5.91 Å². The van der Waals surface area contributed by atoms with Gasteiger partial charge in [0.05, 0.1) is 20.6 Å². The van der Waals surface area contributed by atoms with Crippen molar-refractivity contribution in [3.05, 3.63) is 53.3 Å². The van der Waals surface area contributed by atoms with E-state index in [1.165, 1.54) is 12.1 Å². The van der Waals surface area contributed by atoms with E-state index < -0.39 is 5.82 Å². The summed E-state index contributed by atoms with van der Waals surface area (Å²) in [5.74, 6) is 0.657. The standard InChI is InChI=1S/C17H18FNO3/c1-11-7-16(22-3)12(8-15(11)21-2)9-17(20)19-14-6-4-5-13(18)10-14/h4-8,10H,9H2,1-3H3,(H,19,20). The zero-order chi connectivity index (χ0) is 16.1. The number of nitrogens with one attached hydrogen (secondary N) is 1. The number of carbonyl (C=O) groups excluding carboxylic acids is 1. The van der Waals surface area contributed by atoms with Gasteiger partial charge in [0.15, 0.2) is 0 Å². The van der Waals surface area contributed by atoms with Crippen LogP contribution in [0.4, 0.5) is 10.1 Å². The molecule has 0 aromatic heterocycles. The van der Waals surface area contributed by atoms with Crippen LogP contribution in [0, 0.1) is 12.7 Å². The van der Waals surface area contributed by atoms with Gasteiger partial charge in [-0.1, -0.05) is 6.07 Å². The van der Waals surface area contributed by atoms with Gasteiger partial charge in [0, 0.05) is 11.3 Å². The van der Waals surface area contributed by atoms with Gasteiger partial charge in [-0.2, -0.15) is 0 Å². The highest BCUT2D eigenvalue weighted by Gasteiger charge is 2.13. The first-order chi connectivity index (χ1) is 10.5. The van der Waals surface area contributed by atoms with Crippen LogP contribution >= 0.6 is 0 Å². The van der Waals surface area contributed by atoms with Gasteiger partial charge >= 0.3 is 0 Å². The SMILES string of the molecule is COc1cc(CC(=O)Nc2cccc(F)c2)c(OC)cc1C. The second-order valence-electron chi connectivity index (χ2n) is 4.87. The van der Waals surface area contributed by atoms with Crippen molar-refractivity contribution in [2.45, 2.75) is 13.3 Å². The highest BCUT2D eigenvalue weighted by atomic mass is 19.1. The lowest BCUT2D eigenvalue weighted by Crippen LogP contribution is -2.15. The van der Waals surface area contributed by atoms with E-state index in [9.17, 15) is 9.18 Å². The van der Waals surface area contributed by atoms with Gasteiger partial charge in [-0.15, -0.1) is 0 Å². The van der Waals surface area contributed by atoms with Crippen molar-refractivity contribution >= 4 is 11.6 Å². The lowest BCUT2D eigenvalue weighted by atomic mass is 10.1. The summed E-state index contributed by atoms with van der Waals surface area (Å²) in [5, 5.41) is 2.66. The zero-order valence-corrected chi connectivity index (χ0v) is 12.8. The van der Waals surface area contributed by atoms with E-state index in [1.807, 2.05) is 13.0 Å². The van der Waals surface area contributed by atoms with Crippen molar-refractivity contribution in [3.8, 4) is 11.5 Å². The number of halogens is 1. The van der Waals surface area contributed by atoms with Crippen molar-refractivity contribution in [2.24, 2.45) is 0 Å². The first-order valence-electron chi connectivity index (χ1n) is 6.80. The maximum atomic E-state index is 13.1.